The number of carboxylic acid groups (broad SMARTS) is 2. The van der Waals surface area contributed by atoms with Gasteiger partial charge >= 0.3 is 11.9 Å². The number of carboxylic acids is 2. The van der Waals surface area contributed by atoms with E-state index in [0.29, 0.717) is 11.4 Å². The SMILES string of the molecule is Nc1cc(C(=O)O)ccc1I.Nc1cc(C(=O)O)ccc1I. The molecule has 2 aromatic rings. The summed E-state index contributed by atoms with van der Waals surface area (Å²) < 4.78 is 1.74. The number of anilines is 2. The molecule has 22 heavy (non-hydrogen) atoms. The summed E-state index contributed by atoms with van der Waals surface area (Å²) in [6, 6.07) is 9.31. The highest BCUT2D eigenvalue weighted by Gasteiger charge is 2.04. The summed E-state index contributed by atoms with van der Waals surface area (Å²) in [5, 5.41) is 17.1. The Morgan fingerprint density at radius 2 is 1.09 bits per heavy atom. The molecule has 2 rings (SSSR count). The van der Waals surface area contributed by atoms with Gasteiger partial charge in [-0.2, -0.15) is 0 Å². The molecule has 6 nitrogen and oxygen atoms in total. The summed E-state index contributed by atoms with van der Waals surface area (Å²) in [5.41, 5.74) is 12.4. The van der Waals surface area contributed by atoms with Crippen molar-refractivity contribution in [2.45, 2.75) is 0 Å². The minimum absolute atomic E-state index is 0.225. The minimum atomic E-state index is -0.951. The number of nitrogen functional groups attached to an aromatic ring is 2. The van der Waals surface area contributed by atoms with Crippen LogP contribution in [0.2, 0.25) is 0 Å². The molecule has 0 atom stereocenters. The fourth-order valence-electron chi connectivity index (χ4n) is 1.35. The Kier molecular flexibility index (Phi) is 6.87. The zero-order valence-electron chi connectivity index (χ0n) is 11.1. The van der Waals surface area contributed by atoms with E-state index in [1.807, 2.05) is 45.2 Å². The third-order valence-electron chi connectivity index (χ3n) is 2.49. The first-order chi connectivity index (χ1) is 10.2. The maximum atomic E-state index is 10.4. The molecule has 0 saturated carbocycles. The number of carbonyl (C=O) groups is 2. The average molecular weight is 526 g/mol. The molecule has 0 radical (unpaired) electrons. The summed E-state index contributed by atoms with van der Waals surface area (Å²) in [4.78, 5) is 20.8. The quantitative estimate of drug-likeness (QED) is 0.352. The van der Waals surface area contributed by atoms with Gasteiger partial charge in [0, 0.05) is 18.5 Å². The molecule has 0 unspecified atom stereocenters. The van der Waals surface area contributed by atoms with Crippen LogP contribution >= 0.6 is 45.2 Å². The van der Waals surface area contributed by atoms with Crippen molar-refractivity contribution in [2.75, 3.05) is 11.5 Å². The summed E-state index contributed by atoms with van der Waals surface area (Å²) in [5.74, 6) is -1.90. The van der Waals surface area contributed by atoms with Crippen LogP contribution in [0.3, 0.4) is 0 Å². The first-order valence-electron chi connectivity index (χ1n) is 5.79. The van der Waals surface area contributed by atoms with E-state index in [2.05, 4.69) is 0 Å². The second-order valence-electron chi connectivity index (χ2n) is 4.08. The van der Waals surface area contributed by atoms with Gasteiger partial charge in [-0.3, -0.25) is 0 Å². The Balaban J connectivity index is 0.000000220. The van der Waals surface area contributed by atoms with Crippen LogP contribution in [0.25, 0.3) is 0 Å². The van der Waals surface area contributed by atoms with Crippen LogP contribution in [-0.4, -0.2) is 22.2 Å². The number of nitrogens with two attached hydrogens (primary N) is 2. The van der Waals surface area contributed by atoms with E-state index >= 15 is 0 Å². The highest BCUT2D eigenvalue weighted by atomic mass is 127. The molecule has 2 aromatic carbocycles. The lowest BCUT2D eigenvalue weighted by atomic mass is 10.2. The molecule has 0 saturated heterocycles. The highest BCUT2D eigenvalue weighted by molar-refractivity contribution is 14.1. The van der Waals surface area contributed by atoms with E-state index in [0.717, 1.165) is 7.14 Å². The molecule has 0 amide bonds. The predicted molar refractivity (Wildman–Crippen MR) is 101 cm³/mol. The Labute approximate surface area is 153 Å². The van der Waals surface area contributed by atoms with Crippen LogP contribution in [0.4, 0.5) is 11.4 Å². The normalized spacial score (nSPS) is 9.55. The van der Waals surface area contributed by atoms with Gasteiger partial charge < -0.3 is 21.7 Å². The molecular weight excluding hydrogens is 514 g/mol. The molecule has 6 N–H and O–H groups in total. The van der Waals surface area contributed by atoms with Crippen molar-refractivity contribution >= 4 is 68.5 Å². The molecular formula is C14H12I2N2O4. The Morgan fingerprint density at radius 1 is 0.773 bits per heavy atom. The van der Waals surface area contributed by atoms with Gasteiger partial charge in [-0.1, -0.05) is 0 Å². The van der Waals surface area contributed by atoms with E-state index in [1.54, 1.807) is 12.1 Å². The molecule has 0 spiro atoms. The maximum absolute atomic E-state index is 10.4. The van der Waals surface area contributed by atoms with Crippen LogP contribution in [0, 0.1) is 7.14 Å². The molecule has 0 aliphatic rings. The van der Waals surface area contributed by atoms with Crippen LogP contribution in [0.1, 0.15) is 20.7 Å². The van der Waals surface area contributed by atoms with Gasteiger partial charge in [-0.15, -0.1) is 0 Å². The van der Waals surface area contributed by atoms with E-state index in [-0.39, 0.29) is 11.1 Å². The largest absolute Gasteiger partial charge is 0.478 e. The molecule has 0 heterocycles. The summed E-state index contributed by atoms with van der Waals surface area (Å²) in [6.45, 7) is 0. The molecule has 0 aromatic heterocycles. The van der Waals surface area contributed by atoms with E-state index in [4.69, 9.17) is 21.7 Å². The van der Waals surface area contributed by atoms with Crippen LogP contribution in [0.15, 0.2) is 36.4 Å². The van der Waals surface area contributed by atoms with Crippen molar-refractivity contribution in [2.24, 2.45) is 0 Å². The molecule has 0 aliphatic carbocycles. The van der Waals surface area contributed by atoms with Gasteiger partial charge in [0.2, 0.25) is 0 Å². The summed E-state index contributed by atoms with van der Waals surface area (Å²) in [7, 11) is 0. The van der Waals surface area contributed by atoms with Gasteiger partial charge in [-0.05, 0) is 81.6 Å². The van der Waals surface area contributed by atoms with Crippen molar-refractivity contribution in [1.82, 2.24) is 0 Å². The van der Waals surface area contributed by atoms with Gasteiger partial charge in [0.15, 0.2) is 0 Å². The van der Waals surface area contributed by atoms with Gasteiger partial charge in [0.1, 0.15) is 0 Å². The van der Waals surface area contributed by atoms with Crippen molar-refractivity contribution in [1.29, 1.82) is 0 Å². The number of rotatable bonds is 2. The smallest absolute Gasteiger partial charge is 0.335 e. The Morgan fingerprint density at radius 3 is 1.32 bits per heavy atom. The lowest BCUT2D eigenvalue weighted by Crippen LogP contribution is -1.98. The van der Waals surface area contributed by atoms with Crippen LogP contribution in [-0.2, 0) is 0 Å². The molecule has 116 valence electrons. The van der Waals surface area contributed by atoms with Crippen molar-refractivity contribution < 1.29 is 19.8 Å². The van der Waals surface area contributed by atoms with Gasteiger partial charge in [0.25, 0.3) is 0 Å². The van der Waals surface area contributed by atoms with Crippen LogP contribution < -0.4 is 11.5 Å². The topological polar surface area (TPSA) is 127 Å². The molecule has 0 fully saturated rings. The fourth-order valence-corrected chi connectivity index (χ4v) is 2.02. The molecule has 0 bridgehead atoms. The number of aromatic carboxylic acids is 2. The molecule has 8 heteroatoms. The van der Waals surface area contributed by atoms with Gasteiger partial charge in [-0.25, -0.2) is 9.59 Å². The van der Waals surface area contributed by atoms with E-state index in [1.165, 1.54) is 24.3 Å². The lowest BCUT2D eigenvalue weighted by molar-refractivity contribution is 0.0686. The third-order valence-corrected chi connectivity index (χ3v) is 4.45. The second kappa shape index (κ2) is 8.17. The van der Waals surface area contributed by atoms with Crippen molar-refractivity contribution in [3.8, 4) is 0 Å². The number of halogens is 2. The number of benzene rings is 2. The zero-order valence-corrected chi connectivity index (χ0v) is 15.4. The third kappa shape index (κ3) is 5.33. The first-order valence-corrected chi connectivity index (χ1v) is 7.94. The Hall–Kier alpha value is -1.56. The lowest BCUT2D eigenvalue weighted by Gasteiger charge is -1.98. The summed E-state index contributed by atoms with van der Waals surface area (Å²) in [6.07, 6.45) is 0. The average Bonchev–Trinajstić information content (AvgIpc) is 2.45. The van der Waals surface area contributed by atoms with E-state index in [9.17, 15) is 9.59 Å². The van der Waals surface area contributed by atoms with Crippen molar-refractivity contribution in [3.63, 3.8) is 0 Å². The standard InChI is InChI=1S/2C7H6INO2/c2*8-5-2-1-4(7(10)11)3-6(5)9/h2*1-3H,9H2,(H,10,11). The first kappa shape index (κ1) is 18.5. The van der Waals surface area contributed by atoms with Crippen molar-refractivity contribution in [3.05, 3.63) is 54.7 Å². The predicted octanol–water partition coefficient (Wildman–Crippen LogP) is 3.14. The van der Waals surface area contributed by atoms with Gasteiger partial charge in [0.05, 0.1) is 11.1 Å². The zero-order chi connectivity index (χ0) is 16.9. The maximum Gasteiger partial charge on any atom is 0.335 e. The summed E-state index contributed by atoms with van der Waals surface area (Å²) >= 11 is 4.09. The minimum Gasteiger partial charge on any atom is -0.478 e. The highest BCUT2D eigenvalue weighted by Crippen LogP contribution is 2.16. The Bertz CT molecular complexity index is 658. The van der Waals surface area contributed by atoms with E-state index < -0.39 is 11.9 Å². The monoisotopic (exact) mass is 526 g/mol. The number of hydrogen-bond donors (Lipinski definition) is 4. The second-order valence-corrected chi connectivity index (χ2v) is 6.41. The number of hydrogen-bond acceptors (Lipinski definition) is 4. The molecule has 0 aliphatic heterocycles. The van der Waals surface area contributed by atoms with Crippen LogP contribution in [0.5, 0.6) is 0 Å². The fraction of sp³-hybridized carbons (Fsp3) is 0.